The van der Waals surface area contributed by atoms with Gasteiger partial charge in [-0.3, -0.25) is 4.18 Å². The number of rotatable bonds is 2. The molecule has 1 aromatic rings. The zero-order chi connectivity index (χ0) is 9.19. The number of hydrogen-bond donors (Lipinski definition) is 0. The van der Waals surface area contributed by atoms with Gasteiger partial charge in [-0.1, -0.05) is 11.6 Å². The van der Waals surface area contributed by atoms with E-state index in [0.717, 1.165) is 7.11 Å². The van der Waals surface area contributed by atoms with Gasteiger partial charge >= 0.3 is 10.1 Å². The summed E-state index contributed by atoms with van der Waals surface area (Å²) in [5.74, 6) is 0. The van der Waals surface area contributed by atoms with Crippen molar-refractivity contribution >= 4 is 21.7 Å². The van der Waals surface area contributed by atoms with Crippen LogP contribution >= 0.6 is 11.6 Å². The maximum absolute atomic E-state index is 11.0. The summed E-state index contributed by atoms with van der Waals surface area (Å²) in [6, 6.07) is 0. The lowest BCUT2D eigenvalue weighted by Crippen LogP contribution is -2.06. The minimum absolute atomic E-state index is 0.195. The Labute approximate surface area is 74.5 Å². The fourth-order valence-electron chi connectivity index (χ4n) is 0.555. The number of halogens is 1. The molecule has 0 aliphatic carbocycles. The van der Waals surface area contributed by atoms with Gasteiger partial charge in [0.2, 0.25) is 5.03 Å². The van der Waals surface area contributed by atoms with Crippen molar-refractivity contribution in [2.24, 2.45) is 0 Å². The molecule has 0 saturated carbocycles. The van der Waals surface area contributed by atoms with Crippen LogP contribution in [0, 0.1) is 0 Å². The first-order valence-corrected chi connectivity index (χ1v) is 4.63. The molecule has 0 aliphatic heterocycles. The van der Waals surface area contributed by atoms with Gasteiger partial charge in [0.05, 0.1) is 7.11 Å². The summed E-state index contributed by atoms with van der Waals surface area (Å²) in [6.07, 6.45) is 2.51. The van der Waals surface area contributed by atoms with Crippen molar-refractivity contribution in [2.45, 2.75) is 5.03 Å². The summed E-state index contributed by atoms with van der Waals surface area (Å²) in [4.78, 5) is 7.05. The first-order valence-electron chi connectivity index (χ1n) is 2.85. The van der Waals surface area contributed by atoms with Crippen LogP contribution in [0.25, 0.3) is 0 Å². The molecule has 0 spiro atoms. The summed E-state index contributed by atoms with van der Waals surface area (Å²) < 4.78 is 26.2. The van der Waals surface area contributed by atoms with Gasteiger partial charge < -0.3 is 0 Å². The minimum atomic E-state index is -3.83. The highest BCUT2D eigenvalue weighted by Crippen LogP contribution is 2.15. The van der Waals surface area contributed by atoms with E-state index in [1.807, 2.05) is 0 Å². The molecule has 0 atom stereocenters. The summed E-state index contributed by atoms with van der Waals surface area (Å²) >= 11 is 5.45. The van der Waals surface area contributed by atoms with Gasteiger partial charge in [-0.05, 0) is 0 Å². The van der Waals surface area contributed by atoms with Crippen LogP contribution in [-0.2, 0) is 14.3 Å². The first-order chi connectivity index (χ1) is 5.58. The summed E-state index contributed by atoms with van der Waals surface area (Å²) in [6.45, 7) is 0. The summed E-state index contributed by atoms with van der Waals surface area (Å²) in [5.41, 5.74) is 0. The minimum Gasteiger partial charge on any atom is -0.268 e. The Morgan fingerprint density at radius 2 is 2.00 bits per heavy atom. The smallest absolute Gasteiger partial charge is 0.268 e. The Morgan fingerprint density at radius 3 is 2.50 bits per heavy atom. The van der Waals surface area contributed by atoms with Gasteiger partial charge in [-0.15, -0.1) is 0 Å². The molecule has 0 saturated heterocycles. The van der Waals surface area contributed by atoms with Crippen LogP contribution in [-0.4, -0.2) is 25.5 Å². The van der Waals surface area contributed by atoms with Crippen LogP contribution in [0.2, 0.25) is 5.15 Å². The van der Waals surface area contributed by atoms with E-state index >= 15 is 0 Å². The second kappa shape index (κ2) is 3.34. The molecule has 0 bridgehead atoms. The average Bonchev–Trinajstić information content (AvgIpc) is 2.05. The highest BCUT2D eigenvalue weighted by molar-refractivity contribution is 7.86. The third-order valence-electron chi connectivity index (χ3n) is 1.08. The highest BCUT2D eigenvalue weighted by Gasteiger charge is 2.19. The van der Waals surface area contributed by atoms with E-state index in [0.29, 0.717) is 0 Å². The molecule has 0 N–H and O–H groups in total. The molecule has 0 unspecified atom stereocenters. The Bertz CT molecular complexity index is 378. The van der Waals surface area contributed by atoms with Gasteiger partial charge in [0.1, 0.15) is 0 Å². The molecule has 0 aromatic carbocycles. The van der Waals surface area contributed by atoms with E-state index in [1.165, 1.54) is 12.4 Å². The monoisotopic (exact) mass is 208 g/mol. The van der Waals surface area contributed by atoms with Gasteiger partial charge in [0.15, 0.2) is 5.15 Å². The Balaban J connectivity index is 3.30. The number of nitrogens with zero attached hydrogens (tertiary/aromatic N) is 2. The SMILES string of the molecule is COS(=O)(=O)c1nccnc1Cl. The molecule has 1 heterocycles. The zero-order valence-electron chi connectivity index (χ0n) is 6.06. The maximum Gasteiger partial charge on any atom is 0.317 e. The van der Waals surface area contributed by atoms with Crippen LogP contribution in [0.4, 0.5) is 0 Å². The first kappa shape index (κ1) is 9.37. The van der Waals surface area contributed by atoms with Gasteiger partial charge in [0, 0.05) is 12.4 Å². The summed E-state index contributed by atoms with van der Waals surface area (Å²) in [7, 11) is -2.81. The van der Waals surface area contributed by atoms with Crippen molar-refractivity contribution in [1.82, 2.24) is 9.97 Å². The molecule has 66 valence electrons. The Kier molecular flexibility index (Phi) is 2.61. The van der Waals surface area contributed by atoms with E-state index < -0.39 is 10.1 Å². The predicted octanol–water partition coefficient (Wildman–Crippen LogP) is 0.465. The summed E-state index contributed by atoms with van der Waals surface area (Å²) in [5, 5.41) is -0.562. The number of hydrogen-bond acceptors (Lipinski definition) is 5. The van der Waals surface area contributed by atoms with Crippen LogP contribution in [0.5, 0.6) is 0 Å². The molecule has 5 nitrogen and oxygen atoms in total. The van der Waals surface area contributed by atoms with Crippen molar-refractivity contribution in [3.63, 3.8) is 0 Å². The topological polar surface area (TPSA) is 69.2 Å². The third-order valence-corrected chi connectivity index (χ3v) is 2.68. The molecule has 1 rings (SSSR count). The van der Waals surface area contributed by atoms with Crippen molar-refractivity contribution in [3.8, 4) is 0 Å². The molecule has 7 heteroatoms. The van der Waals surface area contributed by atoms with Gasteiger partial charge in [0.25, 0.3) is 0 Å². The van der Waals surface area contributed by atoms with Crippen LogP contribution in [0.15, 0.2) is 17.4 Å². The molecule has 12 heavy (non-hydrogen) atoms. The van der Waals surface area contributed by atoms with Crippen LogP contribution in [0.3, 0.4) is 0 Å². The molecular formula is C5H5ClN2O3S. The second-order valence-corrected chi connectivity index (χ2v) is 3.76. The van der Waals surface area contributed by atoms with Crippen LogP contribution in [0.1, 0.15) is 0 Å². The second-order valence-electron chi connectivity index (χ2n) is 1.77. The average molecular weight is 209 g/mol. The lowest BCUT2D eigenvalue weighted by molar-refractivity contribution is 0.395. The third kappa shape index (κ3) is 1.71. The predicted molar refractivity (Wildman–Crippen MR) is 41.2 cm³/mol. The van der Waals surface area contributed by atoms with Crippen molar-refractivity contribution in [3.05, 3.63) is 17.5 Å². The molecular weight excluding hydrogens is 204 g/mol. The normalized spacial score (nSPS) is 11.5. The van der Waals surface area contributed by atoms with Crippen molar-refractivity contribution in [2.75, 3.05) is 7.11 Å². The lowest BCUT2D eigenvalue weighted by Gasteiger charge is -1.99. The zero-order valence-corrected chi connectivity index (χ0v) is 7.63. The van der Waals surface area contributed by atoms with E-state index in [1.54, 1.807) is 0 Å². The maximum atomic E-state index is 11.0. The van der Waals surface area contributed by atoms with Crippen LogP contribution < -0.4 is 0 Å². The molecule has 0 amide bonds. The van der Waals surface area contributed by atoms with E-state index in [2.05, 4.69) is 14.2 Å². The molecule has 0 aliphatic rings. The molecule has 0 radical (unpaired) electrons. The largest absolute Gasteiger partial charge is 0.317 e. The van der Waals surface area contributed by atoms with E-state index in [-0.39, 0.29) is 10.2 Å². The van der Waals surface area contributed by atoms with Crippen molar-refractivity contribution in [1.29, 1.82) is 0 Å². The Morgan fingerprint density at radius 1 is 1.42 bits per heavy atom. The van der Waals surface area contributed by atoms with Gasteiger partial charge in [-0.25, -0.2) is 9.97 Å². The lowest BCUT2D eigenvalue weighted by atomic mass is 10.8. The van der Waals surface area contributed by atoms with E-state index in [9.17, 15) is 8.42 Å². The molecule has 1 aromatic heterocycles. The quantitative estimate of drug-likeness (QED) is 0.661. The fraction of sp³-hybridized carbons (Fsp3) is 0.200. The number of aromatic nitrogens is 2. The van der Waals surface area contributed by atoms with Gasteiger partial charge in [-0.2, -0.15) is 8.42 Å². The molecule has 0 fully saturated rings. The fourth-order valence-corrected chi connectivity index (χ4v) is 1.55. The Hall–Kier alpha value is -0.720. The van der Waals surface area contributed by atoms with E-state index in [4.69, 9.17) is 11.6 Å². The standard InChI is InChI=1S/C5H5ClN2O3S/c1-11-12(9,10)5-4(6)7-2-3-8-5/h2-3H,1H3. The highest BCUT2D eigenvalue weighted by atomic mass is 35.5. The van der Waals surface area contributed by atoms with Crippen molar-refractivity contribution < 1.29 is 12.6 Å².